The molecule has 1 rings (SSSR count). The van der Waals surface area contributed by atoms with Gasteiger partial charge in [-0.25, -0.2) is 0 Å². The highest BCUT2D eigenvalue weighted by Gasteiger charge is 1.95. The number of para-hydroxylation sites is 1. The van der Waals surface area contributed by atoms with Crippen molar-refractivity contribution in [2.24, 2.45) is 10.9 Å². The summed E-state index contributed by atoms with van der Waals surface area (Å²) in [7, 11) is 0. The minimum atomic E-state index is -0.236. The Morgan fingerprint density at radius 3 is 2.64 bits per heavy atom. The summed E-state index contributed by atoms with van der Waals surface area (Å²) in [5.41, 5.74) is 0.872. The van der Waals surface area contributed by atoms with Crippen LogP contribution in [-0.2, 0) is 0 Å². The molecule has 0 aromatic heterocycles. The third kappa shape index (κ3) is 3.24. The van der Waals surface area contributed by atoms with Crippen molar-refractivity contribution < 1.29 is 0 Å². The van der Waals surface area contributed by atoms with Crippen LogP contribution in [0.3, 0.4) is 0 Å². The molecule has 0 bridgehead atoms. The lowest BCUT2D eigenvalue weighted by molar-refractivity contribution is 1.16. The van der Waals surface area contributed by atoms with Gasteiger partial charge in [0.25, 0.3) is 0 Å². The molecule has 0 heterocycles. The van der Waals surface area contributed by atoms with E-state index in [9.17, 15) is 0 Å². The maximum Gasteiger partial charge on any atom is 0.0995 e. The van der Waals surface area contributed by atoms with Crippen LogP contribution < -0.4 is 0 Å². The number of nitriles is 1. The van der Waals surface area contributed by atoms with Gasteiger partial charge in [0.2, 0.25) is 0 Å². The summed E-state index contributed by atoms with van der Waals surface area (Å²) in [4.78, 5) is 4.20. The smallest absolute Gasteiger partial charge is 0.0995 e. The Morgan fingerprint density at radius 2 is 2.07 bits per heavy atom. The first-order valence-corrected chi connectivity index (χ1v) is 4.48. The summed E-state index contributed by atoms with van der Waals surface area (Å²) in [5, 5.41) is 8.74. The van der Waals surface area contributed by atoms with Crippen LogP contribution in [0.1, 0.15) is 6.92 Å². The zero-order chi connectivity index (χ0) is 10.2. The third-order valence-corrected chi connectivity index (χ3v) is 1.69. The van der Waals surface area contributed by atoms with E-state index in [-0.39, 0.29) is 5.92 Å². The predicted octanol–water partition coefficient (Wildman–Crippen LogP) is 3.10. The van der Waals surface area contributed by atoms with Gasteiger partial charge in [-0.2, -0.15) is 5.26 Å². The third-order valence-electron chi connectivity index (χ3n) is 1.69. The van der Waals surface area contributed by atoms with Crippen molar-refractivity contribution in [3.8, 4) is 6.07 Å². The molecule has 1 atom stereocenters. The summed E-state index contributed by atoms with van der Waals surface area (Å²) >= 11 is 0. The van der Waals surface area contributed by atoms with Gasteiger partial charge in [-0.3, -0.25) is 4.99 Å². The maximum atomic E-state index is 8.74. The van der Waals surface area contributed by atoms with Crippen molar-refractivity contribution >= 4 is 11.9 Å². The summed E-state index contributed by atoms with van der Waals surface area (Å²) in [6.07, 6.45) is 5.31. The van der Waals surface area contributed by atoms with E-state index in [1.165, 1.54) is 0 Å². The van der Waals surface area contributed by atoms with Crippen LogP contribution in [0.5, 0.6) is 0 Å². The SMILES string of the molecule is CC=CC(C#N)C=Nc1ccccc1. The second-order valence-corrected chi connectivity index (χ2v) is 2.79. The average Bonchev–Trinajstić information content (AvgIpc) is 2.25. The summed E-state index contributed by atoms with van der Waals surface area (Å²) in [6.45, 7) is 1.89. The molecule has 1 aromatic carbocycles. The summed E-state index contributed by atoms with van der Waals surface area (Å²) in [5.74, 6) is -0.236. The van der Waals surface area contributed by atoms with Crippen molar-refractivity contribution in [1.82, 2.24) is 0 Å². The Bertz CT molecular complexity index is 358. The van der Waals surface area contributed by atoms with Gasteiger partial charge in [0, 0.05) is 6.21 Å². The molecule has 14 heavy (non-hydrogen) atoms. The first kappa shape index (κ1) is 10.2. The van der Waals surface area contributed by atoms with Gasteiger partial charge in [-0.05, 0) is 19.1 Å². The number of benzene rings is 1. The van der Waals surface area contributed by atoms with Crippen LogP contribution in [-0.4, -0.2) is 6.21 Å². The molecular formula is C12H12N2. The molecular weight excluding hydrogens is 172 g/mol. The monoisotopic (exact) mass is 184 g/mol. The largest absolute Gasteiger partial charge is 0.260 e. The summed E-state index contributed by atoms with van der Waals surface area (Å²) < 4.78 is 0. The number of hydrogen-bond donors (Lipinski definition) is 0. The molecule has 1 aromatic rings. The van der Waals surface area contributed by atoms with E-state index in [1.807, 2.05) is 49.4 Å². The van der Waals surface area contributed by atoms with Crippen LogP contribution in [0.2, 0.25) is 0 Å². The van der Waals surface area contributed by atoms with Crippen LogP contribution in [0.4, 0.5) is 5.69 Å². The molecule has 2 heteroatoms. The first-order chi connectivity index (χ1) is 6.86. The van der Waals surface area contributed by atoms with Gasteiger partial charge in [0.15, 0.2) is 0 Å². The van der Waals surface area contributed by atoms with Crippen LogP contribution in [0, 0.1) is 17.2 Å². The highest BCUT2D eigenvalue weighted by molar-refractivity contribution is 5.70. The van der Waals surface area contributed by atoms with Gasteiger partial charge >= 0.3 is 0 Å². The minimum Gasteiger partial charge on any atom is -0.260 e. The van der Waals surface area contributed by atoms with E-state index >= 15 is 0 Å². The minimum absolute atomic E-state index is 0.236. The quantitative estimate of drug-likeness (QED) is 0.525. The fourth-order valence-corrected chi connectivity index (χ4v) is 1.01. The molecule has 0 aliphatic rings. The standard InChI is InChI=1S/C12H12N2/c1-2-6-11(9-13)10-14-12-7-4-3-5-8-12/h2-8,10-11H,1H3. The number of allylic oxidation sites excluding steroid dienone is 2. The highest BCUT2D eigenvalue weighted by Crippen LogP contribution is 2.09. The topological polar surface area (TPSA) is 36.1 Å². The Kier molecular flexibility index (Phi) is 4.16. The number of nitrogens with zero attached hydrogens (tertiary/aromatic N) is 2. The van der Waals surface area contributed by atoms with Crippen molar-refractivity contribution in [1.29, 1.82) is 5.26 Å². The normalized spacial score (nSPS) is 13.1. The second-order valence-electron chi connectivity index (χ2n) is 2.79. The van der Waals surface area contributed by atoms with E-state index in [0.717, 1.165) is 5.69 Å². The van der Waals surface area contributed by atoms with E-state index < -0.39 is 0 Å². The number of rotatable bonds is 3. The Morgan fingerprint density at radius 1 is 1.36 bits per heavy atom. The van der Waals surface area contributed by atoms with Crippen molar-refractivity contribution in [3.05, 3.63) is 42.5 Å². The fourth-order valence-electron chi connectivity index (χ4n) is 1.01. The van der Waals surface area contributed by atoms with E-state index in [4.69, 9.17) is 5.26 Å². The zero-order valence-electron chi connectivity index (χ0n) is 8.09. The summed E-state index contributed by atoms with van der Waals surface area (Å²) in [6, 6.07) is 11.7. The molecule has 70 valence electrons. The molecule has 0 spiro atoms. The fraction of sp³-hybridized carbons (Fsp3) is 0.167. The lowest BCUT2D eigenvalue weighted by Gasteiger charge is -1.94. The van der Waals surface area contributed by atoms with Gasteiger partial charge in [-0.15, -0.1) is 0 Å². The van der Waals surface area contributed by atoms with Gasteiger partial charge < -0.3 is 0 Å². The lowest BCUT2D eigenvalue weighted by Crippen LogP contribution is -1.91. The predicted molar refractivity (Wildman–Crippen MR) is 58.5 cm³/mol. The molecule has 0 fully saturated rings. The first-order valence-electron chi connectivity index (χ1n) is 4.48. The number of aliphatic imine (C=N–C) groups is 1. The van der Waals surface area contributed by atoms with E-state index in [1.54, 1.807) is 6.21 Å². The van der Waals surface area contributed by atoms with Gasteiger partial charge in [0.05, 0.1) is 17.7 Å². The Hall–Kier alpha value is -1.88. The molecule has 0 aliphatic carbocycles. The van der Waals surface area contributed by atoms with Gasteiger partial charge in [0.1, 0.15) is 0 Å². The molecule has 0 radical (unpaired) electrons. The van der Waals surface area contributed by atoms with Crippen LogP contribution >= 0.6 is 0 Å². The van der Waals surface area contributed by atoms with Gasteiger partial charge in [-0.1, -0.05) is 30.4 Å². The molecule has 0 N–H and O–H groups in total. The van der Waals surface area contributed by atoms with E-state index in [2.05, 4.69) is 11.1 Å². The molecule has 2 nitrogen and oxygen atoms in total. The number of hydrogen-bond acceptors (Lipinski definition) is 2. The highest BCUT2D eigenvalue weighted by atomic mass is 14.7. The van der Waals surface area contributed by atoms with Crippen molar-refractivity contribution in [3.63, 3.8) is 0 Å². The van der Waals surface area contributed by atoms with Crippen molar-refractivity contribution in [2.45, 2.75) is 6.92 Å². The molecule has 1 unspecified atom stereocenters. The Balaban J connectivity index is 2.68. The second kappa shape index (κ2) is 5.71. The average molecular weight is 184 g/mol. The molecule has 0 saturated carbocycles. The zero-order valence-corrected chi connectivity index (χ0v) is 8.09. The molecule has 0 aliphatic heterocycles. The maximum absolute atomic E-state index is 8.74. The van der Waals surface area contributed by atoms with Crippen LogP contribution in [0.15, 0.2) is 47.5 Å². The van der Waals surface area contributed by atoms with E-state index in [0.29, 0.717) is 0 Å². The molecule has 0 amide bonds. The molecule has 0 saturated heterocycles. The van der Waals surface area contributed by atoms with Crippen LogP contribution in [0.25, 0.3) is 0 Å². The lowest BCUT2D eigenvalue weighted by atomic mass is 10.2. The van der Waals surface area contributed by atoms with Crippen molar-refractivity contribution in [2.75, 3.05) is 0 Å². The Labute approximate surface area is 84.2 Å².